The van der Waals surface area contributed by atoms with Crippen molar-refractivity contribution < 1.29 is 23.8 Å². The molecule has 0 bridgehead atoms. The van der Waals surface area contributed by atoms with E-state index in [1.54, 1.807) is 30.8 Å². The first-order valence-electron chi connectivity index (χ1n) is 8.69. The van der Waals surface area contributed by atoms with Crippen molar-refractivity contribution in [3.8, 4) is 17.4 Å². The van der Waals surface area contributed by atoms with Gasteiger partial charge < -0.3 is 19.0 Å². The number of hydrogen-bond donors (Lipinski definition) is 0. The molecule has 0 N–H and O–H groups in total. The lowest BCUT2D eigenvalue weighted by Gasteiger charge is -2.17. The molecule has 1 atom stereocenters. The van der Waals surface area contributed by atoms with E-state index < -0.39 is 12.1 Å². The topological polar surface area (TPSA) is 84.2 Å². The van der Waals surface area contributed by atoms with Gasteiger partial charge in [0.05, 0.1) is 24.0 Å². The number of halogens is 1. The van der Waals surface area contributed by atoms with E-state index in [-0.39, 0.29) is 0 Å². The molecule has 0 spiro atoms. The Hall–Kier alpha value is -2.74. The Kier molecular flexibility index (Phi) is 7.28. The molecule has 0 aliphatic rings. The second kappa shape index (κ2) is 9.45. The van der Waals surface area contributed by atoms with Crippen LogP contribution in [0.25, 0.3) is 0 Å². The summed E-state index contributed by atoms with van der Waals surface area (Å²) in [5.74, 6) is 0.746. The van der Waals surface area contributed by atoms with Crippen molar-refractivity contribution in [2.45, 2.75) is 33.8 Å². The zero-order valence-electron chi connectivity index (χ0n) is 16.8. The number of carbonyl (C=O) groups excluding carboxylic acids is 1. The molecule has 1 aromatic heterocycles. The lowest BCUT2D eigenvalue weighted by Crippen LogP contribution is -2.25. The molecular weight excluding hydrogens is 386 g/mol. The third-order valence-electron chi connectivity index (χ3n) is 3.96. The summed E-state index contributed by atoms with van der Waals surface area (Å²) < 4.78 is 18.1. The van der Waals surface area contributed by atoms with Gasteiger partial charge in [0.15, 0.2) is 11.9 Å². The number of aryl methyl sites for hydroxylation is 2. The first-order chi connectivity index (χ1) is 13.3. The van der Waals surface area contributed by atoms with Crippen LogP contribution in [0, 0.1) is 13.8 Å². The number of aromatic nitrogens is 2. The molecule has 0 fully saturated rings. The standard InChI is InChI=1S/C19H24ClN3O5/c1-7-26-21-10-14-8-15(20)17(9-16(14)27-13(4)19(24)25-6)28-18-11(2)12(3)22-23(18)5/h8-10,13H,7H2,1-6H3/t13-/m0/s1. The molecule has 2 aromatic rings. The Morgan fingerprint density at radius 1 is 1.36 bits per heavy atom. The molecule has 0 aliphatic carbocycles. The molecule has 2 rings (SSSR count). The minimum atomic E-state index is -0.834. The summed E-state index contributed by atoms with van der Waals surface area (Å²) in [7, 11) is 3.08. The Balaban J connectivity index is 2.43. The van der Waals surface area contributed by atoms with Crippen LogP contribution in [0.4, 0.5) is 0 Å². The maximum Gasteiger partial charge on any atom is 0.346 e. The third kappa shape index (κ3) is 4.95. The lowest BCUT2D eigenvalue weighted by atomic mass is 10.2. The van der Waals surface area contributed by atoms with Crippen molar-refractivity contribution in [1.82, 2.24) is 9.78 Å². The number of hydrogen-bond acceptors (Lipinski definition) is 7. The van der Waals surface area contributed by atoms with E-state index in [1.807, 2.05) is 20.8 Å². The molecule has 1 aromatic carbocycles. The van der Waals surface area contributed by atoms with Crippen molar-refractivity contribution in [3.05, 3.63) is 34.0 Å². The third-order valence-corrected chi connectivity index (χ3v) is 4.26. The summed E-state index contributed by atoms with van der Waals surface area (Å²) in [5, 5.41) is 8.51. The average Bonchev–Trinajstić information content (AvgIpc) is 2.90. The monoisotopic (exact) mass is 409 g/mol. The van der Waals surface area contributed by atoms with Gasteiger partial charge in [-0.1, -0.05) is 16.8 Å². The summed E-state index contributed by atoms with van der Waals surface area (Å²) in [5.41, 5.74) is 2.27. The quantitative estimate of drug-likeness (QED) is 0.374. The SMILES string of the molecule is CCON=Cc1cc(Cl)c(Oc2c(C)c(C)nn2C)cc1O[C@@H](C)C(=O)OC. The summed E-state index contributed by atoms with van der Waals surface area (Å²) in [6.45, 7) is 7.61. The molecular formula is C19H24ClN3O5. The van der Waals surface area contributed by atoms with Crippen molar-refractivity contribution in [2.24, 2.45) is 12.2 Å². The maximum absolute atomic E-state index is 11.7. The van der Waals surface area contributed by atoms with E-state index >= 15 is 0 Å². The fourth-order valence-electron chi connectivity index (χ4n) is 2.39. The van der Waals surface area contributed by atoms with Gasteiger partial charge >= 0.3 is 5.97 Å². The van der Waals surface area contributed by atoms with E-state index in [0.29, 0.717) is 34.6 Å². The van der Waals surface area contributed by atoms with Gasteiger partial charge in [-0.25, -0.2) is 9.48 Å². The summed E-state index contributed by atoms with van der Waals surface area (Å²) in [4.78, 5) is 16.8. The number of nitrogens with zero attached hydrogens (tertiary/aromatic N) is 3. The fraction of sp³-hybridized carbons (Fsp3) is 0.421. The highest BCUT2D eigenvalue weighted by atomic mass is 35.5. The fourth-order valence-corrected chi connectivity index (χ4v) is 2.60. The predicted octanol–water partition coefficient (Wildman–Crippen LogP) is 3.79. The Morgan fingerprint density at radius 2 is 2.07 bits per heavy atom. The van der Waals surface area contributed by atoms with Crippen molar-refractivity contribution in [2.75, 3.05) is 13.7 Å². The number of methoxy groups -OCH3 is 1. The number of ether oxygens (including phenoxy) is 3. The molecule has 9 heteroatoms. The average molecular weight is 410 g/mol. The van der Waals surface area contributed by atoms with Gasteiger partial charge in [0, 0.05) is 24.2 Å². The first kappa shape index (κ1) is 21.6. The molecule has 152 valence electrons. The van der Waals surface area contributed by atoms with Crippen LogP contribution in [0.15, 0.2) is 17.3 Å². The van der Waals surface area contributed by atoms with Gasteiger partial charge in [0.25, 0.3) is 0 Å². The highest BCUT2D eigenvalue weighted by Gasteiger charge is 2.20. The normalized spacial score (nSPS) is 12.1. The van der Waals surface area contributed by atoms with Crippen LogP contribution in [0.5, 0.6) is 17.4 Å². The molecule has 0 aliphatic heterocycles. The van der Waals surface area contributed by atoms with Crippen LogP contribution in [0.2, 0.25) is 5.02 Å². The summed E-state index contributed by atoms with van der Waals surface area (Å²) >= 11 is 6.40. The molecule has 0 unspecified atom stereocenters. The zero-order valence-corrected chi connectivity index (χ0v) is 17.5. The van der Waals surface area contributed by atoms with Gasteiger partial charge in [-0.3, -0.25) is 0 Å². The van der Waals surface area contributed by atoms with E-state index in [2.05, 4.69) is 10.3 Å². The second-order valence-electron chi connectivity index (χ2n) is 6.00. The van der Waals surface area contributed by atoms with E-state index in [4.69, 9.17) is 30.6 Å². The van der Waals surface area contributed by atoms with Crippen molar-refractivity contribution >= 4 is 23.8 Å². The van der Waals surface area contributed by atoms with E-state index in [9.17, 15) is 4.79 Å². The maximum atomic E-state index is 11.7. The molecule has 8 nitrogen and oxygen atoms in total. The number of rotatable bonds is 8. The number of carbonyl (C=O) groups is 1. The Labute approximate surface area is 169 Å². The highest BCUT2D eigenvalue weighted by molar-refractivity contribution is 6.32. The molecule has 28 heavy (non-hydrogen) atoms. The van der Waals surface area contributed by atoms with Gasteiger partial charge in [-0.2, -0.15) is 5.10 Å². The Bertz CT molecular complexity index is 879. The molecule has 0 amide bonds. The van der Waals surface area contributed by atoms with E-state index in [1.165, 1.54) is 13.3 Å². The van der Waals surface area contributed by atoms with Gasteiger partial charge in [0.2, 0.25) is 5.88 Å². The number of benzene rings is 1. The lowest BCUT2D eigenvalue weighted by molar-refractivity contribution is -0.147. The summed E-state index contributed by atoms with van der Waals surface area (Å²) in [6, 6.07) is 3.22. The smallest absolute Gasteiger partial charge is 0.346 e. The number of esters is 1. The van der Waals surface area contributed by atoms with Crippen LogP contribution < -0.4 is 9.47 Å². The molecule has 0 saturated heterocycles. The Morgan fingerprint density at radius 3 is 2.64 bits per heavy atom. The molecule has 1 heterocycles. The summed E-state index contributed by atoms with van der Waals surface area (Å²) in [6.07, 6.45) is 0.622. The zero-order chi connectivity index (χ0) is 20.8. The van der Waals surface area contributed by atoms with Gasteiger partial charge in [-0.15, -0.1) is 0 Å². The second-order valence-corrected chi connectivity index (χ2v) is 6.40. The predicted molar refractivity (Wildman–Crippen MR) is 106 cm³/mol. The van der Waals surface area contributed by atoms with Crippen LogP contribution in [-0.2, 0) is 21.4 Å². The number of oxime groups is 1. The first-order valence-corrected chi connectivity index (χ1v) is 9.07. The van der Waals surface area contributed by atoms with Crippen LogP contribution in [-0.4, -0.2) is 41.8 Å². The minimum Gasteiger partial charge on any atom is -0.478 e. The minimum absolute atomic E-state index is 0.342. The van der Waals surface area contributed by atoms with Crippen LogP contribution in [0.1, 0.15) is 30.7 Å². The van der Waals surface area contributed by atoms with Crippen LogP contribution in [0.3, 0.4) is 0 Å². The van der Waals surface area contributed by atoms with Crippen molar-refractivity contribution in [3.63, 3.8) is 0 Å². The van der Waals surface area contributed by atoms with Crippen molar-refractivity contribution in [1.29, 1.82) is 0 Å². The molecule has 0 radical (unpaired) electrons. The van der Waals surface area contributed by atoms with Crippen LogP contribution >= 0.6 is 11.6 Å². The largest absolute Gasteiger partial charge is 0.478 e. The van der Waals surface area contributed by atoms with E-state index in [0.717, 1.165) is 11.3 Å². The van der Waals surface area contributed by atoms with Gasteiger partial charge in [-0.05, 0) is 33.8 Å². The highest BCUT2D eigenvalue weighted by Crippen LogP contribution is 2.37. The van der Waals surface area contributed by atoms with Gasteiger partial charge in [0.1, 0.15) is 12.4 Å². The molecule has 0 saturated carbocycles.